The van der Waals surface area contributed by atoms with E-state index in [0.29, 0.717) is 0 Å². The monoisotopic (exact) mass is 125 g/mol. The summed E-state index contributed by atoms with van der Waals surface area (Å²) in [5.74, 6) is 0. The fourth-order valence-corrected chi connectivity index (χ4v) is 0.421. The van der Waals surface area contributed by atoms with E-state index in [0.717, 1.165) is 11.1 Å². The van der Waals surface area contributed by atoms with Crippen LogP contribution in [0.5, 0.6) is 0 Å². The Bertz CT molecular complexity index is 30.0. The predicted molar refractivity (Wildman–Crippen MR) is 19.4 cm³/mol. The summed E-state index contributed by atoms with van der Waals surface area (Å²) >= 11 is -0.743. The third kappa shape index (κ3) is 8.82. The quantitative estimate of drug-likeness (QED) is 0.493. The fourth-order valence-electron chi connectivity index (χ4n) is 0.102. The molecule has 0 aromatic rings. The van der Waals surface area contributed by atoms with Gasteiger partial charge in [-0.3, -0.25) is 0 Å². The van der Waals surface area contributed by atoms with Crippen molar-refractivity contribution in [3.63, 3.8) is 0 Å². The molecule has 3 heteroatoms. The van der Waals surface area contributed by atoms with Crippen molar-refractivity contribution in [2.45, 2.75) is 18.1 Å². The van der Waals surface area contributed by atoms with Gasteiger partial charge in [0.25, 0.3) is 0 Å². The summed E-state index contributed by atoms with van der Waals surface area (Å²) in [6, 6.07) is 0. The van der Waals surface area contributed by atoms with Crippen LogP contribution in [0.3, 0.4) is 0 Å². The fraction of sp³-hybridized carbons (Fsp3) is 1.00. The SMILES string of the molecule is CC[CH2][Ti]=[O].O. The van der Waals surface area contributed by atoms with Crippen LogP contribution in [0.4, 0.5) is 0 Å². The van der Waals surface area contributed by atoms with Crippen molar-refractivity contribution in [1.82, 2.24) is 0 Å². The third-order valence-corrected chi connectivity index (χ3v) is 1.45. The smallest absolute Gasteiger partial charge is 0.412 e. The predicted octanol–water partition coefficient (Wildman–Crippen LogP) is 0.418. The first-order valence-electron chi connectivity index (χ1n) is 1.76. The minimum Gasteiger partial charge on any atom is -0.412 e. The summed E-state index contributed by atoms with van der Waals surface area (Å²) in [4.78, 5) is 0. The second kappa shape index (κ2) is 9.08. The third-order valence-electron chi connectivity index (χ3n) is 0.352. The summed E-state index contributed by atoms with van der Waals surface area (Å²) in [5.41, 5.74) is 0. The molecular weight excluding hydrogens is 116 g/mol. The van der Waals surface area contributed by atoms with Crippen molar-refractivity contribution in [3.05, 3.63) is 0 Å². The Morgan fingerprint density at radius 3 is 2.17 bits per heavy atom. The van der Waals surface area contributed by atoms with E-state index in [4.69, 9.17) is 0 Å². The Morgan fingerprint density at radius 2 is 2.17 bits per heavy atom. The molecule has 2 N–H and O–H groups in total. The number of hydrogen-bond donors (Lipinski definition) is 0. The zero-order valence-corrected chi connectivity index (χ0v) is 5.38. The average Bonchev–Trinajstić information content (AvgIpc) is 1.41. The standard InChI is InChI=1S/C3H7.H2O.O.Ti/c1-3-2;;;/h1,3H2,2H3;1H2;;. The Morgan fingerprint density at radius 1 is 1.67 bits per heavy atom. The van der Waals surface area contributed by atoms with E-state index in [1.54, 1.807) is 0 Å². The van der Waals surface area contributed by atoms with E-state index in [9.17, 15) is 3.32 Å². The van der Waals surface area contributed by atoms with Gasteiger partial charge >= 0.3 is 40.5 Å². The van der Waals surface area contributed by atoms with Crippen LogP contribution in [0, 0.1) is 0 Å². The van der Waals surface area contributed by atoms with Gasteiger partial charge in [0, 0.05) is 0 Å². The van der Waals surface area contributed by atoms with E-state index in [-0.39, 0.29) is 5.48 Å². The summed E-state index contributed by atoms with van der Waals surface area (Å²) < 4.78 is 10.6. The van der Waals surface area contributed by atoms with E-state index < -0.39 is 19.1 Å². The molecule has 6 heavy (non-hydrogen) atoms. The molecule has 0 fully saturated rings. The first-order valence-corrected chi connectivity index (χ1v) is 3.51. The van der Waals surface area contributed by atoms with Crippen LogP contribution in [-0.4, -0.2) is 5.48 Å². The van der Waals surface area contributed by atoms with E-state index in [1.807, 2.05) is 6.92 Å². The molecular formula is C3H9O2Ti. The van der Waals surface area contributed by atoms with Gasteiger partial charge in [0.2, 0.25) is 0 Å². The first-order chi connectivity index (χ1) is 2.41. The van der Waals surface area contributed by atoms with Crippen LogP contribution in [0.2, 0.25) is 4.73 Å². The molecule has 0 saturated carbocycles. The summed E-state index contributed by atoms with van der Waals surface area (Å²) in [6.45, 7) is 2.04. The van der Waals surface area contributed by atoms with Gasteiger partial charge in [-0.25, -0.2) is 0 Å². The van der Waals surface area contributed by atoms with E-state index >= 15 is 0 Å². The van der Waals surface area contributed by atoms with Gasteiger partial charge in [-0.15, -0.1) is 0 Å². The maximum Gasteiger partial charge on any atom is -0.412 e. The molecule has 2 nitrogen and oxygen atoms in total. The van der Waals surface area contributed by atoms with Crippen LogP contribution in [0.25, 0.3) is 0 Å². The summed E-state index contributed by atoms with van der Waals surface area (Å²) in [7, 11) is 0. The molecule has 0 aliphatic rings. The van der Waals surface area contributed by atoms with Crippen molar-refractivity contribution in [1.29, 1.82) is 0 Å². The molecule has 0 amide bonds. The molecule has 0 saturated heterocycles. The Balaban J connectivity index is 0. The molecule has 0 heterocycles. The minimum absolute atomic E-state index is 0. The molecule has 0 aromatic heterocycles. The normalized spacial score (nSPS) is 5.50. The maximum absolute atomic E-state index is 9.65. The van der Waals surface area contributed by atoms with E-state index in [1.165, 1.54) is 0 Å². The van der Waals surface area contributed by atoms with Crippen LogP contribution in [-0.2, 0) is 22.4 Å². The minimum atomic E-state index is -0.743. The van der Waals surface area contributed by atoms with Gasteiger partial charge < -0.3 is 5.48 Å². The molecule has 0 aromatic carbocycles. The van der Waals surface area contributed by atoms with Crippen molar-refractivity contribution >= 4 is 0 Å². The van der Waals surface area contributed by atoms with Crippen molar-refractivity contribution < 1.29 is 27.9 Å². The molecule has 0 atom stereocenters. The van der Waals surface area contributed by atoms with E-state index in [2.05, 4.69) is 0 Å². The summed E-state index contributed by atoms with van der Waals surface area (Å²) in [6.07, 6.45) is 1.09. The summed E-state index contributed by atoms with van der Waals surface area (Å²) in [5, 5.41) is 0. The molecule has 0 rings (SSSR count). The molecule has 0 unspecified atom stereocenters. The largest absolute Gasteiger partial charge is 0.412 e. The molecule has 0 aliphatic heterocycles. The van der Waals surface area contributed by atoms with Gasteiger partial charge in [-0.05, 0) is 0 Å². The molecule has 0 bridgehead atoms. The van der Waals surface area contributed by atoms with Crippen LogP contribution < -0.4 is 0 Å². The maximum atomic E-state index is 9.65. The van der Waals surface area contributed by atoms with Crippen molar-refractivity contribution in [2.75, 3.05) is 0 Å². The van der Waals surface area contributed by atoms with Gasteiger partial charge in [-0.1, -0.05) is 0 Å². The number of rotatable bonds is 2. The Labute approximate surface area is 46.5 Å². The number of hydrogen-bond acceptors (Lipinski definition) is 1. The molecule has 37 valence electrons. The Hall–Kier alpha value is 0.474. The average molecular weight is 125 g/mol. The van der Waals surface area contributed by atoms with Gasteiger partial charge in [0.05, 0.1) is 0 Å². The molecule has 0 aliphatic carbocycles. The van der Waals surface area contributed by atoms with Crippen molar-refractivity contribution in [3.8, 4) is 0 Å². The zero-order chi connectivity index (χ0) is 4.12. The second-order valence-electron chi connectivity index (χ2n) is 0.894. The van der Waals surface area contributed by atoms with Gasteiger partial charge in [-0.2, -0.15) is 0 Å². The van der Waals surface area contributed by atoms with Gasteiger partial charge in [0.15, 0.2) is 0 Å². The second-order valence-corrected chi connectivity index (χ2v) is 2.13. The molecule has 0 radical (unpaired) electrons. The van der Waals surface area contributed by atoms with Crippen LogP contribution in [0.15, 0.2) is 0 Å². The Kier molecular flexibility index (Phi) is 14.7. The first kappa shape index (κ1) is 9.69. The van der Waals surface area contributed by atoms with Crippen LogP contribution in [0.1, 0.15) is 13.3 Å². The van der Waals surface area contributed by atoms with Gasteiger partial charge in [0.1, 0.15) is 0 Å². The zero-order valence-electron chi connectivity index (χ0n) is 3.82. The van der Waals surface area contributed by atoms with Crippen molar-refractivity contribution in [2.24, 2.45) is 0 Å². The van der Waals surface area contributed by atoms with Crippen LogP contribution >= 0.6 is 0 Å². The molecule has 0 spiro atoms. The topological polar surface area (TPSA) is 48.6 Å².